The second-order valence-corrected chi connectivity index (χ2v) is 10.4. The minimum atomic E-state index is -0.0743. The Hall–Kier alpha value is -3.52. The van der Waals surface area contributed by atoms with Gasteiger partial charge in [-0.25, -0.2) is 9.97 Å². The molecular formula is C29H28ClN5OS. The van der Waals surface area contributed by atoms with Gasteiger partial charge < -0.3 is 15.8 Å². The van der Waals surface area contributed by atoms with E-state index in [0.717, 1.165) is 49.8 Å². The third kappa shape index (κ3) is 5.59. The first kappa shape index (κ1) is 25.1. The van der Waals surface area contributed by atoms with Crippen molar-refractivity contribution in [3.05, 3.63) is 88.5 Å². The summed E-state index contributed by atoms with van der Waals surface area (Å²) in [6.07, 6.45) is 4.26. The van der Waals surface area contributed by atoms with Gasteiger partial charge in [0.1, 0.15) is 11.6 Å². The van der Waals surface area contributed by atoms with Crippen LogP contribution in [0.3, 0.4) is 0 Å². The number of nitrogens with zero attached hydrogens (tertiary/aromatic N) is 3. The maximum absolute atomic E-state index is 6.50. The molecule has 0 fully saturated rings. The van der Waals surface area contributed by atoms with Gasteiger partial charge in [0.15, 0.2) is 5.82 Å². The summed E-state index contributed by atoms with van der Waals surface area (Å²) in [7, 11) is 0. The highest BCUT2D eigenvalue weighted by Crippen LogP contribution is 2.44. The summed E-state index contributed by atoms with van der Waals surface area (Å²) in [5.41, 5.74) is 11.4. The van der Waals surface area contributed by atoms with E-state index in [1.807, 2.05) is 55.5 Å². The van der Waals surface area contributed by atoms with Gasteiger partial charge in [0.25, 0.3) is 0 Å². The minimum absolute atomic E-state index is 0.0743. The molecular weight excluding hydrogens is 502 g/mol. The number of nitrogens with one attached hydrogen (secondary N) is 1. The molecule has 0 aliphatic heterocycles. The van der Waals surface area contributed by atoms with Crippen LogP contribution in [-0.2, 0) is 6.42 Å². The van der Waals surface area contributed by atoms with Crippen LogP contribution in [0.4, 0.5) is 5.82 Å². The number of anilines is 1. The highest BCUT2D eigenvalue weighted by molar-refractivity contribution is 7.20. The zero-order valence-corrected chi connectivity index (χ0v) is 22.3. The molecule has 8 heteroatoms. The smallest absolute Gasteiger partial charge is 0.162 e. The van der Waals surface area contributed by atoms with Crippen LogP contribution in [0.2, 0.25) is 5.02 Å². The Morgan fingerprint density at radius 2 is 1.84 bits per heavy atom. The predicted octanol–water partition coefficient (Wildman–Crippen LogP) is 6.76. The van der Waals surface area contributed by atoms with Gasteiger partial charge in [-0.2, -0.15) is 0 Å². The number of benzene rings is 2. The van der Waals surface area contributed by atoms with E-state index >= 15 is 0 Å². The topological polar surface area (TPSA) is 86.0 Å². The number of hydrogen-bond acceptors (Lipinski definition) is 7. The third-order valence-corrected chi connectivity index (χ3v) is 7.37. The van der Waals surface area contributed by atoms with E-state index in [9.17, 15) is 0 Å². The normalized spacial score (nSPS) is 12.0. The van der Waals surface area contributed by atoms with Crippen molar-refractivity contribution in [2.24, 2.45) is 5.73 Å². The van der Waals surface area contributed by atoms with Gasteiger partial charge in [0.2, 0.25) is 0 Å². The van der Waals surface area contributed by atoms with Gasteiger partial charge in [-0.05, 0) is 56.2 Å². The Labute approximate surface area is 225 Å². The molecule has 5 rings (SSSR count). The molecule has 0 aliphatic carbocycles. The van der Waals surface area contributed by atoms with E-state index in [1.54, 1.807) is 23.7 Å². The average Bonchev–Trinajstić information content (AvgIpc) is 3.25. The number of nitrogens with two attached hydrogens (primary N) is 1. The van der Waals surface area contributed by atoms with E-state index in [2.05, 4.69) is 29.4 Å². The number of aromatic nitrogens is 3. The number of halogens is 1. The third-order valence-electron chi connectivity index (χ3n) is 6.03. The van der Waals surface area contributed by atoms with Crippen LogP contribution >= 0.6 is 22.9 Å². The average molecular weight is 530 g/mol. The molecule has 3 heterocycles. The maximum atomic E-state index is 6.50. The van der Waals surface area contributed by atoms with Gasteiger partial charge in [-0.15, -0.1) is 11.3 Å². The van der Waals surface area contributed by atoms with Crippen molar-refractivity contribution in [1.29, 1.82) is 0 Å². The first-order chi connectivity index (χ1) is 18.0. The Balaban J connectivity index is 1.59. The predicted molar refractivity (Wildman–Crippen MR) is 154 cm³/mol. The Bertz CT molecular complexity index is 1510. The number of rotatable bonds is 9. The molecule has 0 aliphatic rings. The molecule has 0 amide bonds. The van der Waals surface area contributed by atoms with Gasteiger partial charge in [0, 0.05) is 51.6 Å². The summed E-state index contributed by atoms with van der Waals surface area (Å²) in [5.74, 6) is 2.16. The van der Waals surface area contributed by atoms with E-state index in [-0.39, 0.29) is 6.04 Å². The van der Waals surface area contributed by atoms with E-state index in [0.29, 0.717) is 24.0 Å². The Morgan fingerprint density at radius 1 is 1.05 bits per heavy atom. The van der Waals surface area contributed by atoms with Crippen molar-refractivity contribution >= 4 is 39.0 Å². The van der Waals surface area contributed by atoms with Crippen molar-refractivity contribution in [3.63, 3.8) is 0 Å². The summed E-state index contributed by atoms with van der Waals surface area (Å²) in [5, 5.41) is 4.17. The summed E-state index contributed by atoms with van der Waals surface area (Å²) in [6.45, 7) is 5.19. The van der Waals surface area contributed by atoms with Crippen LogP contribution in [0.1, 0.15) is 17.4 Å². The molecule has 5 aromatic rings. The Kier molecular flexibility index (Phi) is 7.65. The number of pyridine rings is 1. The lowest BCUT2D eigenvalue weighted by Gasteiger charge is -2.15. The fourth-order valence-corrected chi connectivity index (χ4v) is 5.60. The van der Waals surface area contributed by atoms with Crippen LogP contribution in [0.25, 0.3) is 32.7 Å². The van der Waals surface area contributed by atoms with E-state index in [1.165, 1.54) is 5.56 Å². The molecule has 6 nitrogen and oxygen atoms in total. The van der Waals surface area contributed by atoms with E-state index in [4.69, 9.17) is 32.0 Å². The lowest BCUT2D eigenvalue weighted by Crippen LogP contribution is -2.31. The highest BCUT2D eigenvalue weighted by atomic mass is 35.5. The fraction of sp³-hybridized carbons (Fsp3) is 0.207. The van der Waals surface area contributed by atoms with E-state index < -0.39 is 0 Å². The molecule has 2 aromatic carbocycles. The fourth-order valence-electron chi connectivity index (χ4n) is 4.35. The van der Waals surface area contributed by atoms with Crippen LogP contribution in [0.15, 0.2) is 73.1 Å². The van der Waals surface area contributed by atoms with Gasteiger partial charge in [-0.3, -0.25) is 4.98 Å². The van der Waals surface area contributed by atoms with Crippen molar-refractivity contribution in [3.8, 4) is 28.3 Å². The van der Waals surface area contributed by atoms with Crippen molar-refractivity contribution in [1.82, 2.24) is 15.0 Å². The molecule has 1 atom stereocenters. The minimum Gasteiger partial charge on any atom is -0.493 e. The zero-order chi connectivity index (χ0) is 25.8. The van der Waals surface area contributed by atoms with Crippen LogP contribution < -0.4 is 15.8 Å². The zero-order valence-electron chi connectivity index (χ0n) is 20.7. The summed E-state index contributed by atoms with van der Waals surface area (Å²) in [4.78, 5) is 15.2. The van der Waals surface area contributed by atoms with Crippen LogP contribution in [-0.4, -0.2) is 34.1 Å². The second-order valence-electron chi connectivity index (χ2n) is 8.75. The Morgan fingerprint density at radius 3 is 2.59 bits per heavy atom. The molecule has 0 saturated carbocycles. The molecule has 37 heavy (non-hydrogen) atoms. The van der Waals surface area contributed by atoms with Gasteiger partial charge in [0.05, 0.1) is 16.8 Å². The molecule has 188 valence electrons. The van der Waals surface area contributed by atoms with Crippen molar-refractivity contribution in [2.45, 2.75) is 26.3 Å². The SMILES string of the molecule is CCOc1ccc(Cl)cc1-c1c(C)sc2c(NC[C@@H](N)Cc3ccccc3)nc(-c3ccncc3)nc12. The van der Waals surface area contributed by atoms with Gasteiger partial charge >= 0.3 is 0 Å². The molecule has 0 saturated heterocycles. The monoisotopic (exact) mass is 529 g/mol. The number of fused-ring (bicyclic) bond motifs is 1. The van der Waals surface area contributed by atoms with Gasteiger partial charge in [-0.1, -0.05) is 41.9 Å². The molecule has 0 radical (unpaired) electrons. The molecule has 0 spiro atoms. The first-order valence-corrected chi connectivity index (χ1v) is 13.4. The highest BCUT2D eigenvalue weighted by Gasteiger charge is 2.22. The summed E-state index contributed by atoms with van der Waals surface area (Å²) < 4.78 is 6.93. The summed E-state index contributed by atoms with van der Waals surface area (Å²) >= 11 is 8.08. The molecule has 0 unspecified atom stereocenters. The van der Waals surface area contributed by atoms with Crippen LogP contribution in [0, 0.1) is 6.92 Å². The quantitative estimate of drug-likeness (QED) is 0.219. The molecule has 3 N–H and O–H groups in total. The molecule has 3 aromatic heterocycles. The number of ether oxygens (including phenoxy) is 1. The standard InChI is InChI=1S/C29H28ClN5OS/c1-3-36-24-10-9-21(30)16-23(24)25-18(2)37-27-26(25)34-28(20-11-13-32-14-12-20)35-29(27)33-17-22(31)15-19-7-5-4-6-8-19/h4-14,16,22H,3,15,17,31H2,1-2H3,(H,33,34,35)/t22-/m0/s1. The van der Waals surface area contributed by atoms with Crippen molar-refractivity contribution < 1.29 is 4.74 Å². The van der Waals surface area contributed by atoms with Crippen LogP contribution in [0.5, 0.6) is 5.75 Å². The number of aryl methyl sites for hydroxylation is 1. The summed E-state index contributed by atoms with van der Waals surface area (Å²) in [6, 6.07) is 19.7. The maximum Gasteiger partial charge on any atom is 0.162 e. The first-order valence-electron chi connectivity index (χ1n) is 12.2. The number of thiophene rings is 1. The number of hydrogen-bond donors (Lipinski definition) is 2. The van der Waals surface area contributed by atoms with Crippen molar-refractivity contribution in [2.75, 3.05) is 18.5 Å². The lowest BCUT2D eigenvalue weighted by molar-refractivity contribution is 0.341. The molecule has 0 bridgehead atoms. The second kappa shape index (κ2) is 11.3. The lowest BCUT2D eigenvalue weighted by atomic mass is 10.0. The largest absolute Gasteiger partial charge is 0.493 e.